The number of hydrogen-bond acceptors (Lipinski definition) is 3. The standard InChI is InChI=1S/C22H25N3O3/c1-16-6-3-4-7-18(16)15-24(2)21(27)14-23-22(28)17-9-11-19(12-10-17)25-13-5-8-20(25)26/h3-4,6-7,9-12H,5,8,13-15H2,1-2H3,(H,23,28). The Labute approximate surface area is 165 Å². The Morgan fingerprint density at radius 2 is 1.82 bits per heavy atom. The lowest BCUT2D eigenvalue weighted by Crippen LogP contribution is -2.37. The van der Waals surface area contributed by atoms with Crippen LogP contribution >= 0.6 is 0 Å². The molecule has 0 unspecified atom stereocenters. The van der Waals surface area contributed by atoms with Crippen LogP contribution in [0.4, 0.5) is 5.69 Å². The highest BCUT2D eigenvalue weighted by atomic mass is 16.2. The number of carbonyl (C=O) groups is 3. The summed E-state index contributed by atoms with van der Waals surface area (Å²) in [6.07, 6.45) is 1.43. The molecule has 0 atom stereocenters. The number of nitrogens with zero attached hydrogens (tertiary/aromatic N) is 2. The maximum absolute atomic E-state index is 12.3. The summed E-state index contributed by atoms with van der Waals surface area (Å²) in [6.45, 7) is 3.16. The lowest BCUT2D eigenvalue weighted by molar-refractivity contribution is -0.129. The molecule has 0 bridgehead atoms. The molecule has 0 aliphatic carbocycles. The Balaban J connectivity index is 1.52. The molecular formula is C22H25N3O3. The maximum Gasteiger partial charge on any atom is 0.251 e. The van der Waals surface area contributed by atoms with Gasteiger partial charge in [-0.2, -0.15) is 0 Å². The molecule has 6 nitrogen and oxygen atoms in total. The number of likely N-dealkylation sites (N-methyl/N-ethyl adjacent to an activating group) is 1. The van der Waals surface area contributed by atoms with E-state index in [0.29, 0.717) is 25.1 Å². The van der Waals surface area contributed by atoms with E-state index in [9.17, 15) is 14.4 Å². The number of anilines is 1. The molecule has 0 aromatic heterocycles. The molecule has 1 N–H and O–H groups in total. The summed E-state index contributed by atoms with van der Waals surface area (Å²) in [5.41, 5.74) is 3.47. The van der Waals surface area contributed by atoms with Gasteiger partial charge in [0.05, 0.1) is 6.54 Å². The summed E-state index contributed by atoms with van der Waals surface area (Å²) >= 11 is 0. The van der Waals surface area contributed by atoms with Gasteiger partial charge in [0.15, 0.2) is 0 Å². The van der Waals surface area contributed by atoms with Crippen LogP contribution in [0.3, 0.4) is 0 Å². The van der Waals surface area contributed by atoms with Crippen molar-refractivity contribution in [2.75, 3.05) is 25.0 Å². The Morgan fingerprint density at radius 3 is 2.46 bits per heavy atom. The molecule has 3 rings (SSSR count). The predicted octanol–water partition coefficient (Wildman–Crippen LogP) is 2.51. The average molecular weight is 379 g/mol. The fraction of sp³-hybridized carbons (Fsp3) is 0.318. The third-order valence-corrected chi connectivity index (χ3v) is 5.01. The third kappa shape index (κ3) is 4.57. The lowest BCUT2D eigenvalue weighted by atomic mass is 10.1. The molecule has 1 fully saturated rings. The molecule has 1 aliphatic heterocycles. The van der Waals surface area contributed by atoms with E-state index in [1.54, 1.807) is 41.1 Å². The van der Waals surface area contributed by atoms with Crippen molar-refractivity contribution in [1.29, 1.82) is 0 Å². The van der Waals surface area contributed by atoms with Crippen molar-refractivity contribution in [2.45, 2.75) is 26.3 Å². The van der Waals surface area contributed by atoms with Crippen molar-refractivity contribution in [3.63, 3.8) is 0 Å². The van der Waals surface area contributed by atoms with E-state index in [1.807, 2.05) is 31.2 Å². The van der Waals surface area contributed by atoms with Crippen LogP contribution in [0.15, 0.2) is 48.5 Å². The molecular weight excluding hydrogens is 354 g/mol. The van der Waals surface area contributed by atoms with Crippen LogP contribution in [0.25, 0.3) is 0 Å². The minimum atomic E-state index is -0.308. The largest absolute Gasteiger partial charge is 0.343 e. The topological polar surface area (TPSA) is 69.7 Å². The highest BCUT2D eigenvalue weighted by Gasteiger charge is 2.21. The van der Waals surface area contributed by atoms with Crippen molar-refractivity contribution < 1.29 is 14.4 Å². The highest BCUT2D eigenvalue weighted by Crippen LogP contribution is 2.21. The van der Waals surface area contributed by atoms with Gasteiger partial charge in [0.1, 0.15) is 0 Å². The molecule has 146 valence electrons. The Kier molecular flexibility index (Phi) is 6.09. The number of benzene rings is 2. The highest BCUT2D eigenvalue weighted by molar-refractivity contribution is 5.98. The monoisotopic (exact) mass is 379 g/mol. The zero-order valence-electron chi connectivity index (χ0n) is 16.3. The number of aryl methyl sites for hydroxylation is 1. The van der Waals surface area contributed by atoms with Crippen LogP contribution in [0.2, 0.25) is 0 Å². The zero-order valence-corrected chi connectivity index (χ0v) is 16.3. The van der Waals surface area contributed by atoms with Crippen LogP contribution in [0.1, 0.15) is 34.3 Å². The Morgan fingerprint density at radius 1 is 1.11 bits per heavy atom. The smallest absolute Gasteiger partial charge is 0.251 e. The van der Waals surface area contributed by atoms with E-state index in [4.69, 9.17) is 0 Å². The summed E-state index contributed by atoms with van der Waals surface area (Å²) in [7, 11) is 1.72. The summed E-state index contributed by atoms with van der Waals surface area (Å²) in [6, 6.07) is 14.8. The first-order chi connectivity index (χ1) is 13.5. The van der Waals surface area contributed by atoms with Crippen molar-refractivity contribution in [2.24, 2.45) is 0 Å². The van der Waals surface area contributed by atoms with Gasteiger partial charge in [-0.3, -0.25) is 14.4 Å². The number of carbonyl (C=O) groups excluding carboxylic acids is 3. The van der Waals surface area contributed by atoms with Gasteiger partial charge in [-0.25, -0.2) is 0 Å². The second kappa shape index (κ2) is 8.69. The number of rotatable bonds is 6. The molecule has 1 saturated heterocycles. The van der Waals surface area contributed by atoms with E-state index in [2.05, 4.69) is 5.32 Å². The molecule has 0 radical (unpaired) electrons. The van der Waals surface area contributed by atoms with Gasteiger partial charge >= 0.3 is 0 Å². The molecule has 28 heavy (non-hydrogen) atoms. The van der Waals surface area contributed by atoms with Gasteiger partial charge in [0.25, 0.3) is 5.91 Å². The van der Waals surface area contributed by atoms with Gasteiger partial charge < -0.3 is 15.1 Å². The van der Waals surface area contributed by atoms with Crippen LogP contribution in [-0.2, 0) is 16.1 Å². The number of hydrogen-bond donors (Lipinski definition) is 1. The average Bonchev–Trinajstić information content (AvgIpc) is 3.13. The summed E-state index contributed by atoms with van der Waals surface area (Å²) in [5.74, 6) is -0.354. The fourth-order valence-electron chi connectivity index (χ4n) is 3.24. The lowest BCUT2D eigenvalue weighted by Gasteiger charge is -2.19. The SMILES string of the molecule is Cc1ccccc1CN(C)C(=O)CNC(=O)c1ccc(N2CCCC2=O)cc1. The first-order valence-corrected chi connectivity index (χ1v) is 9.43. The van der Waals surface area contributed by atoms with Crippen LogP contribution in [-0.4, -0.2) is 42.8 Å². The molecule has 2 aromatic carbocycles. The van der Waals surface area contributed by atoms with E-state index < -0.39 is 0 Å². The first kappa shape index (κ1) is 19.6. The molecule has 0 spiro atoms. The maximum atomic E-state index is 12.3. The minimum Gasteiger partial charge on any atom is -0.343 e. The van der Waals surface area contributed by atoms with Gasteiger partial charge in [-0.05, 0) is 48.7 Å². The van der Waals surface area contributed by atoms with Crippen molar-refractivity contribution in [3.05, 3.63) is 65.2 Å². The van der Waals surface area contributed by atoms with Crippen LogP contribution in [0.5, 0.6) is 0 Å². The van der Waals surface area contributed by atoms with E-state index in [1.165, 1.54) is 0 Å². The second-order valence-electron chi connectivity index (χ2n) is 7.05. The molecule has 1 heterocycles. The summed E-state index contributed by atoms with van der Waals surface area (Å²) in [4.78, 5) is 39.8. The summed E-state index contributed by atoms with van der Waals surface area (Å²) in [5, 5.41) is 2.67. The normalized spacial score (nSPS) is 13.5. The molecule has 2 aromatic rings. The Bertz CT molecular complexity index is 877. The Hall–Kier alpha value is -3.15. The third-order valence-electron chi connectivity index (χ3n) is 5.01. The second-order valence-corrected chi connectivity index (χ2v) is 7.05. The quantitative estimate of drug-likeness (QED) is 0.838. The molecule has 3 amide bonds. The van der Waals surface area contributed by atoms with Crippen molar-refractivity contribution in [1.82, 2.24) is 10.2 Å². The van der Waals surface area contributed by atoms with Crippen LogP contribution in [0, 0.1) is 6.92 Å². The zero-order chi connectivity index (χ0) is 20.1. The molecule has 1 aliphatic rings. The minimum absolute atomic E-state index is 0.0619. The van der Waals surface area contributed by atoms with Crippen LogP contribution < -0.4 is 10.2 Å². The van der Waals surface area contributed by atoms with Crippen molar-refractivity contribution >= 4 is 23.4 Å². The predicted molar refractivity (Wildman–Crippen MR) is 108 cm³/mol. The number of nitrogens with one attached hydrogen (secondary N) is 1. The van der Waals surface area contributed by atoms with Gasteiger partial charge in [0.2, 0.25) is 11.8 Å². The van der Waals surface area contributed by atoms with Gasteiger partial charge in [-0.1, -0.05) is 24.3 Å². The van der Waals surface area contributed by atoms with Gasteiger partial charge in [0, 0.05) is 37.8 Å². The summed E-state index contributed by atoms with van der Waals surface area (Å²) < 4.78 is 0. The first-order valence-electron chi connectivity index (χ1n) is 9.43. The number of amides is 3. The van der Waals surface area contributed by atoms with Gasteiger partial charge in [-0.15, -0.1) is 0 Å². The fourth-order valence-corrected chi connectivity index (χ4v) is 3.24. The molecule has 0 saturated carbocycles. The van der Waals surface area contributed by atoms with E-state index in [0.717, 1.165) is 23.2 Å². The van der Waals surface area contributed by atoms with E-state index in [-0.39, 0.29) is 24.3 Å². The molecule has 6 heteroatoms. The van der Waals surface area contributed by atoms with E-state index >= 15 is 0 Å². The van der Waals surface area contributed by atoms with Crippen molar-refractivity contribution in [3.8, 4) is 0 Å².